The first-order valence-electron chi connectivity index (χ1n) is 9.08. The molecule has 4 rings (SSSR count). The molecule has 10 heteroatoms. The molecule has 3 aromatic rings. The van der Waals surface area contributed by atoms with Crippen LogP contribution in [0.1, 0.15) is 16.8 Å². The summed E-state index contributed by atoms with van der Waals surface area (Å²) in [7, 11) is 3.41. The smallest absolute Gasteiger partial charge is 0.281 e. The van der Waals surface area contributed by atoms with Gasteiger partial charge in [-0.25, -0.2) is 4.90 Å². The van der Waals surface area contributed by atoms with Gasteiger partial charge in [-0.2, -0.15) is 10.2 Å². The number of nitrogens with zero attached hydrogens (tertiary/aromatic N) is 5. The standard InChI is InChI=1S/C20H19ClN6O2S/c1-12-17(11-25(2)24-12)27-19(28)16(23-20(27)30)7-13-4-5-18(29-3)14(6-13)9-26-10-15(21)8-22-26/h4-8,10-11H,9H2,1-3H3,(H,23,30)/b16-7+. The van der Waals surface area contributed by atoms with Crippen LogP contribution < -0.4 is 15.0 Å². The lowest BCUT2D eigenvalue weighted by Crippen LogP contribution is -2.30. The number of carbonyl (C=O) groups is 1. The zero-order valence-corrected chi connectivity index (χ0v) is 18.2. The molecule has 0 aliphatic carbocycles. The Hall–Kier alpha value is -3.17. The number of aromatic nitrogens is 4. The van der Waals surface area contributed by atoms with Gasteiger partial charge in [0.2, 0.25) is 0 Å². The van der Waals surface area contributed by atoms with Crippen LogP contribution in [0.4, 0.5) is 5.69 Å². The first-order valence-corrected chi connectivity index (χ1v) is 9.86. The summed E-state index contributed by atoms with van der Waals surface area (Å²) < 4.78 is 8.83. The molecule has 0 radical (unpaired) electrons. The summed E-state index contributed by atoms with van der Waals surface area (Å²) in [5.41, 5.74) is 3.50. The van der Waals surface area contributed by atoms with Crippen molar-refractivity contribution >= 4 is 46.6 Å². The molecular formula is C20H19ClN6O2S. The van der Waals surface area contributed by atoms with E-state index in [9.17, 15) is 4.79 Å². The van der Waals surface area contributed by atoms with E-state index in [1.165, 1.54) is 4.90 Å². The number of halogens is 1. The first-order chi connectivity index (χ1) is 14.4. The van der Waals surface area contributed by atoms with Gasteiger partial charge >= 0.3 is 0 Å². The van der Waals surface area contributed by atoms with Gasteiger partial charge in [-0.1, -0.05) is 17.7 Å². The van der Waals surface area contributed by atoms with Gasteiger partial charge in [-0.05, 0) is 42.9 Å². The van der Waals surface area contributed by atoms with Gasteiger partial charge in [-0.15, -0.1) is 0 Å². The van der Waals surface area contributed by atoms with E-state index in [1.807, 2.05) is 25.1 Å². The van der Waals surface area contributed by atoms with E-state index in [-0.39, 0.29) is 5.91 Å². The molecule has 3 heterocycles. The molecular weight excluding hydrogens is 424 g/mol. The largest absolute Gasteiger partial charge is 0.496 e. The molecule has 0 unspecified atom stereocenters. The van der Waals surface area contributed by atoms with E-state index >= 15 is 0 Å². The van der Waals surface area contributed by atoms with Crippen molar-refractivity contribution in [2.75, 3.05) is 12.0 Å². The maximum Gasteiger partial charge on any atom is 0.281 e. The molecule has 0 bridgehead atoms. The molecule has 2 aromatic heterocycles. The van der Waals surface area contributed by atoms with Crippen molar-refractivity contribution in [2.45, 2.75) is 13.5 Å². The van der Waals surface area contributed by atoms with Gasteiger partial charge in [0, 0.05) is 25.0 Å². The molecule has 1 fully saturated rings. The number of ether oxygens (including phenoxy) is 1. The highest BCUT2D eigenvalue weighted by Gasteiger charge is 2.33. The molecule has 1 amide bonds. The molecule has 0 spiro atoms. The lowest BCUT2D eigenvalue weighted by atomic mass is 10.1. The Morgan fingerprint density at radius 3 is 2.77 bits per heavy atom. The van der Waals surface area contributed by atoms with Crippen LogP contribution in [0.3, 0.4) is 0 Å². The second-order valence-corrected chi connectivity index (χ2v) is 7.65. The number of aryl methyl sites for hydroxylation is 2. The summed E-state index contributed by atoms with van der Waals surface area (Å²) in [6, 6.07) is 5.67. The second kappa shape index (κ2) is 7.92. The summed E-state index contributed by atoms with van der Waals surface area (Å²) >= 11 is 11.3. The third-order valence-corrected chi connectivity index (χ3v) is 5.14. The zero-order valence-electron chi connectivity index (χ0n) is 16.6. The lowest BCUT2D eigenvalue weighted by Gasteiger charge is -2.12. The normalized spacial score (nSPS) is 15.2. The molecule has 1 aliphatic rings. The third kappa shape index (κ3) is 3.81. The molecule has 154 valence electrons. The Labute approximate surface area is 183 Å². The van der Waals surface area contributed by atoms with E-state index in [0.717, 1.165) is 22.6 Å². The van der Waals surface area contributed by atoms with Gasteiger partial charge < -0.3 is 10.1 Å². The van der Waals surface area contributed by atoms with E-state index < -0.39 is 0 Å². The topological polar surface area (TPSA) is 77.2 Å². The third-order valence-electron chi connectivity index (χ3n) is 4.66. The summed E-state index contributed by atoms with van der Waals surface area (Å²) in [5.74, 6) is 0.491. The molecule has 1 saturated heterocycles. The predicted octanol–water partition coefficient (Wildman–Crippen LogP) is 2.90. The Kier molecular flexibility index (Phi) is 5.31. The number of rotatable bonds is 5. The van der Waals surface area contributed by atoms with E-state index in [1.54, 1.807) is 48.2 Å². The van der Waals surface area contributed by atoms with Crippen LogP contribution in [-0.4, -0.2) is 37.7 Å². The quantitative estimate of drug-likeness (QED) is 0.483. The van der Waals surface area contributed by atoms with Crippen LogP contribution in [0.2, 0.25) is 5.02 Å². The van der Waals surface area contributed by atoms with E-state index in [4.69, 9.17) is 28.6 Å². The highest BCUT2D eigenvalue weighted by molar-refractivity contribution is 7.80. The van der Waals surface area contributed by atoms with Crippen LogP contribution in [0.25, 0.3) is 6.08 Å². The van der Waals surface area contributed by atoms with Gasteiger partial charge in [0.1, 0.15) is 11.4 Å². The Morgan fingerprint density at radius 2 is 2.13 bits per heavy atom. The number of methoxy groups -OCH3 is 1. The molecule has 1 aliphatic heterocycles. The van der Waals surface area contributed by atoms with Crippen molar-refractivity contribution in [3.8, 4) is 5.75 Å². The van der Waals surface area contributed by atoms with Crippen LogP contribution in [0, 0.1) is 6.92 Å². The molecule has 0 saturated carbocycles. The number of benzene rings is 1. The Balaban J connectivity index is 1.64. The number of amides is 1. The van der Waals surface area contributed by atoms with Crippen LogP contribution in [0.5, 0.6) is 5.75 Å². The average molecular weight is 443 g/mol. The minimum atomic E-state index is -0.229. The van der Waals surface area contributed by atoms with Gasteiger partial charge in [0.15, 0.2) is 5.11 Å². The average Bonchev–Trinajstić information content (AvgIpc) is 3.33. The Bertz CT molecular complexity index is 1180. The fourth-order valence-corrected chi connectivity index (χ4v) is 3.79. The van der Waals surface area contributed by atoms with E-state index in [2.05, 4.69) is 15.5 Å². The maximum absolute atomic E-state index is 13.0. The number of carbonyl (C=O) groups excluding carboxylic acids is 1. The number of hydrogen-bond donors (Lipinski definition) is 1. The van der Waals surface area contributed by atoms with Crippen molar-refractivity contribution in [3.63, 3.8) is 0 Å². The number of anilines is 1. The minimum absolute atomic E-state index is 0.229. The second-order valence-electron chi connectivity index (χ2n) is 6.83. The van der Waals surface area contributed by atoms with Crippen molar-refractivity contribution < 1.29 is 9.53 Å². The van der Waals surface area contributed by atoms with Crippen LogP contribution in [0.15, 0.2) is 42.5 Å². The minimum Gasteiger partial charge on any atom is -0.496 e. The predicted molar refractivity (Wildman–Crippen MR) is 118 cm³/mol. The summed E-state index contributed by atoms with van der Waals surface area (Å²) in [4.78, 5) is 14.5. The SMILES string of the molecule is COc1ccc(/C=C2/NC(=S)N(c3cn(C)nc3C)C2=O)cc1Cn1cc(Cl)cn1. The fraction of sp³-hybridized carbons (Fsp3) is 0.200. The van der Waals surface area contributed by atoms with Crippen LogP contribution in [-0.2, 0) is 18.4 Å². The monoisotopic (exact) mass is 442 g/mol. The molecule has 30 heavy (non-hydrogen) atoms. The summed E-state index contributed by atoms with van der Waals surface area (Å²) in [5, 5.41) is 12.4. The highest BCUT2D eigenvalue weighted by Crippen LogP contribution is 2.27. The molecule has 0 atom stereocenters. The Morgan fingerprint density at radius 1 is 1.33 bits per heavy atom. The fourth-order valence-electron chi connectivity index (χ4n) is 3.34. The molecule has 1 aromatic carbocycles. The number of thiocarbonyl (C=S) groups is 1. The zero-order chi connectivity index (χ0) is 21.4. The van der Waals surface area contributed by atoms with Gasteiger partial charge in [0.05, 0.1) is 36.3 Å². The van der Waals surface area contributed by atoms with Crippen molar-refractivity contribution in [3.05, 3.63) is 64.3 Å². The summed E-state index contributed by atoms with van der Waals surface area (Å²) in [6.07, 6.45) is 6.85. The van der Waals surface area contributed by atoms with Crippen molar-refractivity contribution in [2.24, 2.45) is 7.05 Å². The summed E-state index contributed by atoms with van der Waals surface area (Å²) in [6.45, 7) is 2.32. The number of nitrogens with one attached hydrogen (secondary N) is 1. The highest BCUT2D eigenvalue weighted by atomic mass is 35.5. The first kappa shape index (κ1) is 20.1. The van der Waals surface area contributed by atoms with Gasteiger partial charge in [-0.3, -0.25) is 14.2 Å². The van der Waals surface area contributed by atoms with E-state index in [0.29, 0.717) is 28.1 Å². The van der Waals surface area contributed by atoms with Crippen molar-refractivity contribution in [1.82, 2.24) is 24.9 Å². The van der Waals surface area contributed by atoms with Crippen molar-refractivity contribution in [1.29, 1.82) is 0 Å². The van der Waals surface area contributed by atoms with Gasteiger partial charge in [0.25, 0.3) is 5.91 Å². The molecule has 8 nitrogen and oxygen atoms in total. The maximum atomic E-state index is 13.0. The lowest BCUT2D eigenvalue weighted by molar-refractivity contribution is -0.113. The number of hydrogen-bond acceptors (Lipinski definition) is 5. The molecule has 1 N–H and O–H groups in total. The van der Waals surface area contributed by atoms with Crippen LogP contribution >= 0.6 is 23.8 Å².